The van der Waals surface area contributed by atoms with Gasteiger partial charge >= 0.3 is 0 Å². The van der Waals surface area contributed by atoms with Crippen molar-refractivity contribution < 1.29 is 13.9 Å². The molecule has 1 unspecified atom stereocenters. The lowest BCUT2D eigenvalue weighted by Gasteiger charge is -2.32. The van der Waals surface area contributed by atoms with Crippen LogP contribution in [0.15, 0.2) is 18.2 Å². The zero-order valence-electron chi connectivity index (χ0n) is 11.1. The Morgan fingerprint density at radius 1 is 1.58 bits per heavy atom. The standard InChI is InChI=1S/C14H19FN2O2/c1-2-19-11-4-3-7-17(9-11)14(18)12-6-5-10(15)8-13(12)16/h5-6,8,11H,2-4,7,9,16H2,1H3. The van der Waals surface area contributed by atoms with Crippen LogP contribution in [0.1, 0.15) is 30.1 Å². The fourth-order valence-corrected chi connectivity index (χ4v) is 2.39. The highest BCUT2D eigenvalue weighted by molar-refractivity contribution is 5.99. The molecular formula is C14H19FN2O2. The lowest BCUT2D eigenvalue weighted by molar-refractivity contribution is 0.00728. The van der Waals surface area contributed by atoms with Crippen molar-refractivity contribution in [2.75, 3.05) is 25.4 Å². The van der Waals surface area contributed by atoms with Gasteiger partial charge in [-0.15, -0.1) is 0 Å². The maximum Gasteiger partial charge on any atom is 0.256 e. The van der Waals surface area contributed by atoms with Crippen molar-refractivity contribution in [3.05, 3.63) is 29.6 Å². The van der Waals surface area contributed by atoms with E-state index in [0.717, 1.165) is 12.8 Å². The Balaban J connectivity index is 2.10. The zero-order chi connectivity index (χ0) is 13.8. The number of nitrogens with zero attached hydrogens (tertiary/aromatic N) is 1. The van der Waals surface area contributed by atoms with Gasteiger partial charge in [0.15, 0.2) is 0 Å². The van der Waals surface area contributed by atoms with Crippen molar-refractivity contribution in [1.82, 2.24) is 4.90 Å². The molecule has 1 aliphatic heterocycles. The Morgan fingerprint density at radius 2 is 2.37 bits per heavy atom. The molecule has 1 atom stereocenters. The predicted octanol–water partition coefficient (Wildman–Crippen LogP) is 2.05. The molecule has 1 saturated heterocycles. The van der Waals surface area contributed by atoms with Crippen molar-refractivity contribution in [3.8, 4) is 0 Å². The first kappa shape index (κ1) is 13.8. The van der Waals surface area contributed by atoms with Crippen molar-refractivity contribution in [1.29, 1.82) is 0 Å². The van der Waals surface area contributed by atoms with Crippen LogP contribution in [0.5, 0.6) is 0 Å². The molecule has 1 aliphatic rings. The molecule has 1 fully saturated rings. The molecule has 4 nitrogen and oxygen atoms in total. The summed E-state index contributed by atoms with van der Waals surface area (Å²) in [5.74, 6) is -0.582. The van der Waals surface area contributed by atoms with E-state index >= 15 is 0 Å². The Kier molecular flexibility index (Phi) is 4.37. The van der Waals surface area contributed by atoms with Crippen LogP contribution < -0.4 is 5.73 Å². The van der Waals surface area contributed by atoms with Gasteiger partial charge in [-0.05, 0) is 38.0 Å². The number of nitrogens with two attached hydrogens (primary N) is 1. The molecule has 0 radical (unpaired) electrons. The highest BCUT2D eigenvalue weighted by Gasteiger charge is 2.25. The van der Waals surface area contributed by atoms with Gasteiger partial charge in [0.25, 0.3) is 5.91 Å². The number of hydrogen-bond acceptors (Lipinski definition) is 3. The molecule has 0 bridgehead atoms. The maximum absolute atomic E-state index is 13.0. The quantitative estimate of drug-likeness (QED) is 0.852. The van der Waals surface area contributed by atoms with E-state index in [4.69, 9.17) is 10.5 Å². The first-order valence-corrected chi connectivity index (χ1v) is 6.57. The van der Waals surface area contributed by atoms with Crippen LogP contribution in [-0.2, 0) is 4.74 Å². The number of halogens is 1. The molecule has 0 aliphatic carbocycles. The molecule has 1 aromatic carbocycles. The molecule has 1 amide bonds. The summed E-state index contributed by atoms with van der Waals surface area (Å²) >= 11 is 0. The zero-order valence-corrected chi connectivity index (χ0v) is 11.1. The van der Waals surface area contributed by atoms with Gasteiger partial charge in [0.05, 0.1) is 11.7 Å². The Morgan fingerprint density at radius 3 is 3.05 bits per heavy atom. The molecule has 1 aromatic rings. The van der Waals surface area contributed by atoms with Crippen LogP contribution in [0.2, 0.25) is 0 Å². The van der Waals surface area contributed by atoms with E-state index < -0.39 is 5.82 Å². The van der Waals surface area contributed by atoms with Crippen LogP contribution in [-0.4, -0.2) is 36.6 Å². The second kappa shape index (κ2) is 6.02. The van der Waals surface area contributed by atoms with Gasteiger partial charge in [-0.3, -0.25) is 4.79 Å². The molecule has 0 saturated carbocycles. The summed E-state index contributed by atoms with van der Waals surface area (Å²) < 4.78 is 18.6. The lowest BCUT2D eigenvalue weighted by atomic mass is 10.1. The molecule has 2 N–H and O–H groups in total. The minimum Gasteiger partial charge on any atom is -0.398 e. The monoisotopic (exact) mass is 266 g/mol. The number of anilines is 1. The van der Waals surface area contributed by atoms with Crippen LogP contribution in [0.25, 0.3) is 0 Å². The van der Waals surface area contributed by atoms with E-state index in [1.165, 1.54) is 18.2 Å². The molecule has 0 aromatic heterocycles. The minimum absolute atomic E-state index is 0.0874. The number of benzene rings is 1. The SMILES string of the molecule is CCOC1CCCN(C(=O)c2ccc(F)cc2N)C1. The number of likely N-dealkylation sites (tertiary alicyclic amines) is 1. The minimum atomic E-state index is -0.431. The number of ether oxygens (including phenoxy) is 1. The summed E-state index contributed by atoms with van der Waals surface area (Å²) in [6.45, 7) is 3.85. The summed E-state index contributed by atoms with van der Waals surface area (Å²) in [5, 5.41) is 0. The third-order valence-corrected chi connectivity index (χ3v) is 3.31. The number of amides is 1. The molecule has 104 valence electrons. The predicted molar refractivity (Wildman–Crippen MR) is 71.4 cm³/mol. The van der Waals surface area contributed by atoms with E-state index in [2.05, 4.69) is 0 Å². The van der Waals surface area contributed by atoms with E-state index in [1.807, 2.05) is 6.92 Å². The molecule has 2 rings (SSSR count). The van der Waals surface area contributed by atoms with Crippen molar-refractivity contribution in [3.63, 3.8) is 0 Å². The Hall–Kier alpha value is -1.62. The summed E-state index contributed by atoms with van der Waals surface area (Å²) in [6, 6.07) is 3.88. The maximum atomic E-state index is 13.0. The van der Waals surface area contributed by atoms with Crippen LogP contribution in [0.3, 0.4) is 0 Å². The van der Waals surface area contributed by atoms with E-state index in [1.54, 1.807) is 4.90 Å². The normalized spacial score (nSPS) is 19.5. The Bertz CT molecular complexity index is 463. The number of hydrogen-bond donors (Lipinski definition) is 1. The molecular weight excluding hydrogens is 247 g/mol. The molecule has 1 heterocycles. The summed E-state index contributed by atoms with van der Waals surface area (Å²) in [5.41, 5.74) is 6.25. The third-order valence-electron chi connectivity index (χ3n) is 3.31. The van der Waals surface area contributed by atoms with Crippen LogP contribution >= 0.6 is 0 Å². The second-order valence-corrected chi connectivity index (χ2v) is 4.70. The van der Waals surface area contributed by atoms with Gasteiger partial charge in [-0.2, -0.15) is 0 Å². The number of nitrogen functional groups attached to an aromatic ring is 1. The van der Waals surface area contributed by atoms with E-state index in [-0.39, 0.29) is 17.7 Å². The average Bonchev–Trinajstić information content (AvgIpc) is 2.39. The van der Waals surface area contributed by atoms with Gasteiger partial charge in [0, 0.05) is 25.4 Å². The van der Waals surface area contributed by atoms with Gasteiger partial charge in [0.1, 0.15) is 5.82 Å². The highest BCUT2D eigenvalue weighted by Crippen LogP contribution is 2.20. The fourth-order valence-electron chi connectivity index (χ4n) is 2.39. The van der Waals surface area contributed by atoms with Crippen LogP contribution in [0.4, 0.5) is 10.1 Å². The number of piperidine rings is 1. The number of carbonyl (C=O) groups is 1. The van der Waals surface area contributed by atoms with Gasteiger partial charge in [0.2, 0.25) is 0 Å². The van der Waals surface area contributed by atoms with E-state index in [0.29, 0.717) is 25.3 Å². The average molecular weight is 266 g/mol. The third kappa shape index (κ3) is 3.23. The van der Waals surface area contributed by atoms with E-state index in [9.17, 15) is 9.18 Å². The second-order valence-electron chi connectivity index (χ2n) is 4.70. The van der Waals surface area contributed by atoms with Crippen molar-refractivity contribution in [2.24, 2.45) is 0 Å². The largest absolute Gasteiger partial charge is 0.398 e. The van der Waals surface area contributed by atoms with Crippen molar-refractivity contribution >= 4 is 11.6 Å². The summed E-state index contributed by atoms with van der Waals surface area (Å²) in [6.07, 6.45) is 1.97. The fraction of sp³-hybridized carbons (Fsp3) is 0.500. The van der Waals surface area contributed by atoms with Crippen LogP contribution in [0, 0.1) is 5.82 Å². The van der Waals surface area contributed by atoms with Gasteiger partial charge < -0.3 is 15.4 Å². The topological polar surface area (TPSA) is 55.6 Å². The van der Waals surface area contributed by atoms with Crippen molar-refractivity contribution in [2.45, 2.75) is 25.9 Å². The van der Waals surface area contributed by atoms with Gasteiger partial charge in [-0.25, -0.2) is 4.39 Å². The number of carbonyl (C=O) groups excluding carboxylic acids is 1. The highest BCUT2D eigenvalue weighted by atomic mass is 19.1. The Labute approximate surface area is 112 Å². The molecule has 19 heavy (non-hydrogen) atoms. The van der Waals surface area contributed by atoms with Gasteiger partial charge in [-0.1, -0.05) is 0 Å². The summed E-state index contributed by atoms with van der Waals surface area (Å²) in [4.78, 5) is 14.1. The summed E-state index contributed by atoms with van der Waals surface area (Å²) in [7, 11) is 0. The molecule has 0 spiro atoms. The smallest absolute Gasteiger partial charge is 0.256 e. The first-order valence-electron chi connectivity index (χ1n) is 6.57. The lowest BCUT2D eigenvalue weighted by Crippen LogP contribution is -2.43. The first-order chi connectivity index (χ1) is 9.11. The molecule has 5 heteroatoms. The number of rotatable bonds is 3.